The molecular weight excluding hydrogens is 247 g/mol. The second-order valence-corrected chi connectivity index (χ2v) is 3.65. The number of benzene rings is 1. The van der Waals surface area contributed by atoms with Gasteiger partial charge >= 0.3 is 6.18 Å². The maximum Gasteiger partial charge on any atom is 0.419 e. The van der Waals surface area contributed by atoms with Crippen LogP contribution in [0.5, 0.6) is 5.75 Å². The Hall–Kier alpha value is -2.05. The lowest BCUT2D eigenvalue weighted by atomic mass is 10.1. The summed E-state index contributed by atoms with van der Waals surface area (Å²) in [6, 6.07) is 3.73. The Morgan fingerprint density at radius 1 is 1.28 bits per heavy atom. The van der Waals surface area contributed by atoms with Crippen molar-refractivity contribution in [2.45, 2.75) is 6.18 Å². The van der Waals surface area contributed by atoms with Crippen LogP contribution < -0.4 is 4.74 Å². The van der Waals surface area contributed by atoms with Crippen molar-refractivity contribution in [1.82, 2.24) is 14.8 Å². The zero-order valence-corrected chi connectivity index (χ0v) is 9.69. The van der Waals surface area contributed by atoms with E-state index in [-0.39, 0.29) is 11.6 Å². The summed E-state index contributed by atoms with van der Waals surface area (Å²) < 4.78 is 44.6. The highest BCUT2D eigenvalue weighted by atomic mass is 19.4. The molecule has 2 rings (SSSR count). The van der Waals surface area contributed by atoms with Gasteiger partial charge in [0.25, 0.3) is 0 Å². The standard InChI is InChI=1S/C11H10F3N3O/c1-17-6-15-10(16-17)7-3-4-9(18-2)8(5-7)11(12,13)14/h3-6H,1-2H3. The molecule has 18 heavy (non-hydrogen) atoms. The fourth-order valence-electron chi connectivity index (χ4n) is 1.54. The molecule has 7 heteroatoms. The van der Waals surface area contributed by atoms with Crippen molar-refractivity contribution in [2.24, 2.45) is 7.05 Å². The van der Waals surface area contributed by atoms with E-state index in [0.717, 1.165) is 6.07 Å². The van der Waals surface area contributed by atoms with E-state index >= 15 is 0 Å². The molecule has 0 atom stereocenters. The van der Waals surface area contributed by atoms with Crippen LogP contribution in [0.3, 0.4) is 0 Å². The van der Waals surface area contributed by atoms with E-state index in [1.807, 2.05) is 0 Å². The van der Waals surface area contributed by atoms with Crippen LogP contribution in [0.2, 0.25) is 0 Å². The lowest BCUT2D eigenvalue weighted by molar-refractivity contribution is -0.138. The predicted molar refractivity (Wildman–Crippen MR) is 58.0 cm³/mol. The van der Waals surface area contributed by atoms with Crippen molar-refractivity contribution in [3.8, 4) is 17.1 Å². The number of hydrogen-bond donors (Lipinski definition) is 0. The molecule has 0 saturated heterocycles. The minimum Gasteiger partial charge on any atom is -0.496 e. The molecule has 1 aromatic carbocycles. The van der Waals surface area contributed by atoms with Crippen LogP contribution in [-0.4, -0.2) is 21.9 Å². The first-order valence-electron chi connectivity index (χ1n) is 5.03. The van der Waals surface area contributed by atoms with Gasteiger partial charge in [-0.3, -0.25) is 4.68 Å². The Balaban J connectivity index is 2.52. The number of hydrogen-bond acceptors (Lipinski definition) is 3. The normalized spacial score (nSPS) is 11.6. The van der Waals surface area contributed by atoms with Crippen molar-refractivity contribution in [3.63, 3.8) is 0 Å². The average molecular weight is 257 g/mol. The van der Waals surface area contributed by atoms with Gasteiger partial charge in [-0.15, -0.1) is 0 Å². The Morgan fingerprint density at radius 2 is 2.00 bits per heavy atom. The van der Waals surface area contributed by atoms with Gasteiger partial charge in [0.1, 0.15) is 12.1 Å². The Labute approximate surface area is 101 Å². The molecule has 0 amide bonds. The van der Waals surface area contributed by atoms with Gasteiger partial charge in [0.15, 0.2) is 5.82 Å². The number of aromatic nitrogens is 3. The molecule has 0 bridgehead atoms. The van der Waals surface area contributed by atoms with Crippen LogP contribution in [-0.2, 0) is 13.2 Å². The predicted octanol–water partition coefficient (Wildman–Crippen LogP) is 2.51. The summed E-state index contributed by atoms with van der Waals surface area (Å²) in [5, 5.41) is 3.96. The third-order valence-corrected chi connectivity index (χ3v) is 2.36. The molecule has 4 nitrogen and oxygen atoms in total. The minimum atomic E-state index is -4.48. The number of halogens is 3. The SMILES string of the molecule is COc1ccc(-c2ncn(C)n2)cc1C(F)(F)F. The van der Waals surface area contributed by atoms with Gasteiger partial charge in [0, 0.05) is 12.6 Å². The summed E-state index contributed by atoms with van der Waals surface area (Å²) in [5.41, 5.74) is -0.543. The summed E-state index contributed by atoms with van der Waals surface area (Å²) in [7, 11) is 2.84. The maximum absolute atomic E-state index is 12.8. The fraction of sp³-hybridized carbons (Fsp3) is 0.273. The van der Waals surface area contributed by atoms with Crippen LogP contribution in [0.15, 0.2) is 24.5 Å². The molecular formula is C11H10F3N3O. The second-order valence-electron chi connectivity index (χ2n) is 3.65. The summed E-state index contributed by atoms with van der Waals surface area (Å²) in [6.45, 7) is 0. The van der Waals surface area contributed by atoms with E-state index in [4.69, 9.17) is 4.74 Å². The van der Waals surface area contributed by atoms with Gasteiger partial charge < -0.3 is 4.74 Å². The summed E-state index contributed by atoms with van der Waals surface area (Å²) in [5.74, 6) is 0.0211. The van der Waals surface area contributed by atoms with Gasteiger partial charge in [-0.05, 0) is 18.2 Å². The fourth-order valence-corrected chi connectivity index (χ4v) is 1.54. The number of nitrogens with zero attached hydrogens (tertiary/aromatic N) is 3. The molecule has 0 fully saturated rings. The van der Waals surface area contributed by atoms with E-state index in [9.17, 15) is 13.2 Å². The Kier molecular flexibility index (Phi) is 2.98. The molecule has 0 aliphatic heterocycles. The number of aryl methyl sites for hydroxylation is 1. The molecule has 0 spiro atoms. The molecule has 0 aliphatic rings. The average Bonchev–Trinajstić information content (AvgIpc) is 2.74. The molecule has 0 aliphatic carbocycles. The van der Waals surface area contributed by atoms with Crippen LogP contribution in [0.25, 0.3) is 11.4 Å². The van der Waals surface area contributed by atoms with Crippen LogP contribution in [0, 0.1) is 0 Å². The van der Waals surface area contributed by atoms with Crippen LogP contribution in [0.4, 0.5) is 13.2 Å². The molecule has 0 unspecified atom stereocenters. The molecule has 2 aromatic rings. The molecule has 0 saturated carbocycles. The second kappa shape index (κ2) is 4.32. The molecule has 96 valence electrons. The molecule has 1 heterocycles. The molecule has 1 aromatic heterocycles. The topological polar surface area (TPSA) is 39.9 Å². The lowest BCUT2D eigenvalue weighted by Crippen LogP contribution is -2.07. The van der Waals surface area contributed by atoms with Crippen molar-refractivity contribution >= 4 is 0 Å². The van der Waals surface area contributed by atoms with E-state index in [2.05, 4.69) is 10.1 Å². The summed E-state index contributed by atoms with van der Waals surface area (Å²) >= 11 is 0. The smallest absolute Gasteiger partial charge is 0.419 e. The Bertz CT molecular complexity index is 563. The quantitative estimate of drug-likeness (QED) is 0.829. The van der Waals surface area contributed by atoms with Crippen molar-refractivity contribution in [1.29, 1.82) is 0 Å². The van der Waals surface area contributed by atoms with Gasteiger partial charge in [-0.25, -0.2) is 4.98 Å². The molecule has 0 N–H and O–H groups in total. The first-order valence-corrected chi connectivity index (χ1v) is 5.03. The first-order chi connectivity index (χ1) is 8.41. The van der Waals surface area contributed by atoms with Gasteiger partial charge in [-0.1, -0.05) is 0 Å². The largest absolute Gasteiger partial charge is 0.496 e. The summed E-state index contributed by atoms with van der Waals surface area (Å²) in [6.07, 6.45) is -3.05. The summed E-state index contributed by atoms with van der Waals surface area (Å²) in [4.78, 5) is 3.91. The maximum atomic E-state index is 12.8. The first kappa shape index (κ1) is 12.4. The van der Waals surface area contributed by atoms with Crippen LogP contribution >= 0.6 is 0 Å². The van der Waals surface area contributed by atoms with Crippen molar-refractivity contribution < 1.29 is 17.9 Å². The van der Waals surface area contributed by atoms with E-state index in [0.29, 0.717) is 5.56 Å². The highest BCUT2D eigenvalue weighted by molar-refractivity contribution is 5.58. The number of methoxy groups -OCH3 is 1. The highest BCUT2D eigenvalue weighted by Gasteiger charge is 2.34. The van der Waals surface area contributed by atoms with E-state index in [1.165, 1.54) is 30.3 Å². The van der Waals surface area contributed by atoms with Crippen molar-refractivity contribution in [3.05, 3.63) is 30.1 Å². The monoisotopic (exact) mass is 257 g/mol. The van der Waals surface area contributed by atoms with Gasteiger partial charge in [-0.2, -0.15) is 18.3 Å². The van der Waals surface area contributed by atoms with E-state index < -0.39 is 11.7 Å². The zero-order chi connectivity index (χ0) is 13.3. The third-order valence-electron chi connectivity index (χ3n) is 2.36. The molecule has 0 radical (unpaired) electrons. The number of alkyl halides is 3. The van der Waals surface area contributed by atoms with Gasteiger partial charge in [0.05, 0.1) is 12.7 Å². The van der Waals surface area contributed by atoms with Crippen LogP contribution in [0.1, 0.15) is 5.56 Å². The van der Waals surface area contributed by atoms with E-state index in [1.54, 1.807) is 7.05 Å². The zero-order valence-electron chi connectivity index (χ0n) is 9.69. The minimum absolute atomic E-state index is 0.220. The lowest BCUT2D eigenvalue weighted by Gasteiger charge is -2.12. The van der Waals surface area contributed by atoms with Crippen molar-refractivity contribution in [2.75, 3.05) is 7.11 Å². The Morgan fingerprint density at radius 3 is 2.50 bits per heavy atom. The number of ether oxygens (including phenoxy) is 1. The number of rotatable bonds is 2. The third kappa shape index (κ3) is 2.29. The highest BCUT2D eigenvalue weighted by Crippen LogP contribution is 2.38. The van der Waals surface area contributed by atoms with Gasteiger partial charge in [0.2, 0.25) is 0 Å².